The lowest BCUT2D eigenvalue weighted by Gasteiger charge is -2.35. The molecule has 11 rings (SSSR count). The summed E-state index contributed by atoms with van der Waals surface area (Å²) in [6.45, 7) is -0.0575. The highest BCUT2D eigenvalue weighted by atomic mass is 16.5. The molecule has 2 aliphatic heterocycles. The summed E-state index contributed by atoms with van der Waals surface area (Å²) in [5.41, 5.74) is 11.0. The Morgan fingerprint density at radius 3 is 1.44 bits per heavy atom. The van der Waals surface area contributed by atoms with Crippen LogP contribution in [0, 0.1) is 0 Å². The molecule has 54 heavy (non-hydrogen) atoms. The maximum Gasteiger partial charge on any atom is 0.260 e. The van der Waals surface area contributed by atoms with Gasteiger partial charge in [0.15, 0.2) is 0 Å². The zero-order valence-corrected chi connectivity index (χ0v) is 29.3. The Bertz CT molecular complexity index is 2780. The smallest absolute Gasteiger partial charge is 0.260 e. The molecule has 0 bridgehead atoms. The number of nitrogens with zero attached hydrogens (tertiary/aromatic N) is 1. The number of fused-ring (bicyclic) bond motifs is 7. The molecule has 0 aromatic heterocycles. The standard InChI is InChI=1S/C50H32BNO2/c1-4-14-33(15-5-1)35-24-26-43-46(29-35)53-48-31-39(32-49-50(48)51(43)44-27-25-36(30-47(44)54-49)34-16-6-2-7-17-34)52(38-19-8-3-9-20-38)45-28-37-18-10-11-21-40(37)41-22-12-13-23-42(41)45/h1-32H. The molecule has 2 heterocycles. The number of anilines is 3. The van der Waals surface area contributed by atoms with Crippen molar-refractivity contribution >= 4 is 61.7 Å². The molecule has 0 spiro atoms. The van der Waals surface area contributed by atoms with Gasteiger partial charge in [-0.25, -0.2) is 0 Å². The van der Waals surface area contributed by atoms with Crippen LogP contribution in [0.5, 0.6) is 23.0 Å². The Hall–Kier alpha value is -7.04. The van der Waals surface area contributed by atoms with Gasteiger partial charge in [0.05, 0.1) is 11.4 Å². The van der Waals surface area contributed by atoms with Crippen molar-refractivity contribution < 1.29 is 9.47 Å². The molecule has 0 fully saturated rings. The number of hydrogen-bond acceptors (Lipinski definition) is 3. The SMILES string of the molecule is c1ccc(-c2ccc3c(c2)Oc2cc(N(c4ccccc4)c4cc5ccccc5c5ccccc45)cc4c2B3c2ccc(-c3ccccc3)cc2O4)cc1. The molecule has 0 saturated heterocycles. The van der Waals surface area contributed by atoms with E-state index in [2.05, 4.69) is 199 Å². The molecule has 0 radical (unpaired) electrons. The van der Waals surface area contributed by atoms with Gasteiger partial charge in [0, 0.05) is 28.7 Å². The summed E-state index contributed by atoms with van der Waals surface area (Å²) >= 11 is 0. The molecule has 252 valence electrons. The van der Waals surface area contributed by atoms with E-state index < -0.39 is 0 Å². The topological polar surface area (TPSA) is 21.7 Å². The van der Waals surface area contributed by atoms with Gasteiger partial charge in [-0.1, -0.05) is 152 Å². The fourth-order valence-corrected chi connectivity index (χ4v) is 8.45. The van der Waals surface area contributed by atoms with Gasteiger partial charge < -0.3 is 14.4 Å². The Kier molecular flexibility index (Phi) is 6.96. The number of benzene rings is 9. The molecular formula is C50H32BNO2. The highest BCUT2D eigenvalue weighted by Gasteiger charge is 2.41. The minimum absolute atomic E-state index is 0.0575. The van der Waals surface area contributed by atoms with E-state index in [9.17, 15) is 0 Å². The molecule has 4 heteroatoms. The summed E-state index contributed by atoms with van der Waals surface area (Å²) < 4.78 is 14.0. The average molecular weight is 690 g/mol. The molecule has 0 aliphatic carbocycles. The van der Waals surface area contributed by atoms with Gasteiger partial charge in [-0.2, -0.15) is 0 Å². The van der Waals surface area contributed by atoms with Crippen LogP contribution < -0.4 is 30.8 Å². The van der Waals surface area contributed by atoms with Crippen molar-refractivity contribution in [1.29, 1.82) is 0 Å². The summed E-state index contributed by atoms with van der Waals surface area (Å²) in [6.07, 6.45) is 0. The Labute approximate surface area is 314 Å². The van der Waals surface area contributed by atoms with E-state index >= 15 is 0 Å². The van der Waals surface area contributed by atoms with E-state index in [0.29, 0.717) is 0 Å². The van der Waals surface area contributed by atoms with Crippen LogP contribution >= 0.6 is 0 Å². The number of hydrogen-bond donors (Lipinski definition) is 0. The third-order valence-electron chi connectivity index (χ3n) is 10.9. The predicted molar refractivity (Wildman–Crippen MR) is 225 cm³/mol. The molecule has 3 nitrogen and oxygen atoms in total. The van der Waals surface area contributed by atoms with Crippen molar-refractivity contribution in [3.63, 3.8) is 0 Å². The first-order valence-electron chi connectivity index (χ1n) is 18.4. The fraction of sp³-hybridized carbons (Fsp3) is 0. The molecule has 9 aromatic carbocycles. The third-order valence-corrected chi connectivity index (χ3v) is 10.9. The van der Waals surface area contributed by atoms with Gasteiger partial charge in [-0.15, -0.1) is 0 Å². The van der Waals surface area contributed by atoms with Crippen molar-refractivity contribution in [3.8, 4) is 45.3 Å². The lowest BCUT2D eigenvalue weighted by atomic mass is 9.34. The molecule has 9 aromatic rings. The predicted octanol–water partition coefficient (Wildman–Crippen LogP) is 11.5. The molecule has 0 N–H and O–H groups in total. The van der Waals surface area contributed by atoms with Crippen LogP contribution in [0.3, 0.4) is 0 Å². The second-order valence-electron chi connectivity index (χ2n) is 14.1. The van der Waals surface area contributed by atoms with Gasteiger partial charge >= 0.3 is 0 Å². The zero-order valence-electron chi connectivity index (χ0n) is 29.3. The Balaban J connectivity index is 1.15. The number of para-hydroxylation sites is 1. The van der Waals surface area contributed by atoms with Gasteiger partial charge in [0.1, 0.15) is 23.0 Å². The largest absolute Gasteiger partial charge is 0.458 e. The Morgan fingerprint density at radius 2 is 0.852 bits per heavy atom. The third kappa shape index (κ3) is 4.92. The van der Waals surface area contributed by atoms with E-state index in [4.69, 9.17) is 9.47 Å². The van der Waals surface area contributed by atoms with Crippen molar-refractivity contribution in [2.75, 3.05) is 4.90 Å². The van der Waals surface area contributed by atoms with Crippen LogP contribution in [0.25, 0.3) is 43.8 Å². The zero-order chi connectivity index (χ0) is 35.6. The second kappa shape index (κ2) is 12.3. The van der Waals surface area contributed by atoms with Crippen molar-refractivity contribution in [2.24, 2.45) is 0 Å². The first-order chi connectivity index (χ1) is 26.8. The molecule has 0 unspecified atom stereocenters. The quantitative estimate of drug-likeness (QED) is 0.133. The Morgan fingerprint density at radius 1 is 0.352 bits per heavy atom. The van der Waals surface area contributed by atoms with Crippen LogP contribution in [0.4, 0.5) is 17.1 Å². The lowest BCUT2D eigenvalue weighted by Crippen LogP contribution is -2.57. The van der Waals surface area contributed by atoms with Gasteiger partial charge in [-0.05, 0) is 79.7 Å². The van der Waals surface area contributed by atoms with Crippen molar-refractivity contribution in [2.45, 2.75) is 0 Å². The van der Waals surface area contributed by atoms with Gasteiger partial charge in [-0.3, -0.25) is 0 Å². The normalized spacial score (nSPS) is 12.3. The summed E-state index contributed by atoms with van der Waals surface area (Å²) in [6, 6.07) is 69.0. The first-order valence-corrected chi connectivity index (χ1v) is 18.4. The maximum atomic E-state index is 7.01. The average Bonchev–Trinajstić information content (AvgIpc) is 3.24. The minimum Gasteiger partial charge on any atom is -0.458 e. The highest BCUT2D eigenvalue weighted by Crippen LogP contribution is 2.46. The summed E-state index contributed by atoms with van der Waals surface area (Å²) in [5.74, 6) is 3.32. The van der Waals surface area contributed by atoms with Crippen LogP contribution in [0.1, 0.15) is 0 Å². The molecule has 0 amide bonds. The number of rotatable bonds is 5. The minimum atomic E-state index is -0.0575. The van der Waals surface area contributed by atoms with E-state index in [1.54, 1.807) is 0 Å². The van der Waals surface area contributed by atoms with E-state index in [1.165, 1.54) is 21.5 Å². The van der Waals surface area contributed by atoms with Gasteiger partial charge in [0.2, 0.25) is 0 Å². The fourth-order valence-electron chi connectivity index (χ4n) is 8.45. The van der Waals surface area contributed by atoms with Crippen LogP contribution in [0.2, 0.25) is 0 Å². The van der Waals surface area contributed by atoms with Crippen LogP contribution in [-0.4, -0.2) is 6.71 Å². The van der Waals surface area contributed by atoms with Crippen molar-refractivity contribution in [1.82, 2.24) is 0 Å². The van der Waals surface area contributed by atoms with Crippen LogP contribution in [-0.2, 0) is 0 Å². The summed E-state index contributed by atoms with van der Waals surface area (Å²) in [4.78, 5) is 2.35. The summed E-state index contributed by atoms with van der Waals surface area (Å²) in [7, 11) is 0. The molecule has 0 saturated carbocycles. The number of ether oxygens (including phenoxy) is 2. The molecule has 2 aliphatic rings. The maximum absolute atomic E-state index is 7.01. The second-order valence-corrected chi connectivity index (χ2v) is 14.1. The van der Waals surface area contributed by atoms with E-state index in [1.807, 2.05) is 0 Å². The van der Waals surface area contributed by atoms with E-state index in [0.717, 1.165) is 78.7 Å². The highest BCUT2D eigenvalue weighted by molar-refractivity contribution is 6.98. The van der Waals surface area contributed by atoms with E-state index in [-0.39, 0.29) is 6.71 Å². The van der Waals surface area contributed by atoms with Crippen LogP contribution in [0.15, 0.2) is 194 Å². The monoisotopic (exact) mass is 689 g/mol. The molecule has 0 atom stereocenters. The van der Waals surface area contributed by atoms with Crippen molar-refractivity contribution in [3.05, 3.63) is 194 Å². The molecular weight excluding hydrogens is 657 g/mol. The van der Waals surface area contributed by atoms with Gasteiger partial charge in [0.25, 0.3) is 6.71 Å². The summed E-state index contributed by atoms with van der Waals surface area (Å²) in [5, 5.41) is 4.80. The first kappa shape index (κ1) is 30.6. The lowest BCUT2D eigenvalue weighted by molar-refractivity contribution is 0.465.